The highest BCUT2D eigenvalue weighted by Crippen LogP contribution is 2.29. The van der Waals surface area contributed by atoms with Gasteiger partial charge in [-0.15, -0.1) is 0 Å². The van der Waals surface area contributed by atoms with E-state index in [-0.39, 0.29) is 11.1 Å². The molecule has 0 bridgehead atoms. The van der Waals surface area contributed by atoms with E-state index in [0.29, 0.717) is 0 Å². The second kappa shape index (κ2) is 5.71. The summed E-state index contributed by atoms with van der Waals surface area (Å²) in [6.07, 6.45) is 5.46. The third-order valence-corrected chi connectivity index (χ3v) is 3.39. The highest BCUT2D eigenvalue weighted by Gasteiger charge is 2.27. The molecule has 0 saturated heterocycles. The van der Waals surface area contributed by atoms with Crippen LogP contribution in [0.2, 0.25) is 0 Å². The number of nitrogens with one attached hydrogen (secondary N) is 2. The topological polar surface area (TPSA) is 24.1 Å². The predicted octanol–water partition coefficient (Wildman–Crippen LogP) is 3.32. The van der Waals surface area contributed by atoms with Crippen LogP contribution >= 0.6 is 0 Å². The van der Waals surface area contributed by atoms with Crippen molar-refractivity contribution in [1.82, 2.24) is 10.6 Å². The lowest BCUT2D eigenvalue weighted by atomic mass is 10.0. The van der Waals surface area contributed by atoms with Crippen molar-refractivity contribution in [3.63, 3.8) is 0 Å². The molecule has 1 fully saturated rings. The van der Waals surface area contributed by atoms with E-state index in [1.54, 1.807) is 0 Å². The molecular formula is C15H32N2. The molecule has 2 N–H and O–H groups in total. The molecule has 0 aromatic carbocycles. The van der Waals surface area contributed by atoms with Crippen LogP contribution in [0, 0.1) is 5.92 Å². The van der Waals surface area contributed by atoms with Gasteiger partial charge in [0.15, 0.2) is 0 Å². The number of hydrogen-bond acceptors (Lipinski definition) is 2. The number of rotatable bonds is 4. The molecule has 102 valence electrons. The van der Waals surface area contributed by atoms with Crippen molar-refractivity contribution in [3.8, 4) is 0 Å². The minimum Gasteiger partial charge on any atom is -0.312 e. The first-order chi connectivity index (χ1) is 7.66. The second-order valence-electron chi connectivity index (χ2n) is 7.74. The van der Waals surface area contributed by atoms with Gasteiger partial charge in [-0.1, -0.05) is 0 Å². The fourth-order valence-corrected chi connectivity index (χ4v) is 2.73. The third kappa shape index (κ3) is 7.05. The monoisotopic (exact) mass is 240 g/mol. The van der Waals surface area contributed by atoms with Crippen LogP contribution in [-0.4, -0.2) is 23.7 Å². The van der Waals surface area contributed by atoms with E-state index in [2.05, 4.69) is 52.2 Å². The molecule has 0 unspecified atom stereocenters. The van der Waals surface area contributed by atoms with Gasteiger partial charge >= 0.3 is 0 Å². The maximum Gasteiger partial charge on any atom is 0.00991 e. The van der Waals surface area contributed by atoms with Crippen molar-refractivity contribution in [3.05, 3.63) is 0 Å². The summed E-state index contributed by atoms with van der Waals surface area (Å²) in [5, 5.41) is 7.33. The second-order valence-corrected chi connectivity index (χ2v) is 7.74. The fraction of sp³-hybridized carbons (Fsp3) is 1.00. The lowest BCUT2D eigenvalue weighted by molar-refractivity contribution is 0.345. The van der Waals surface area contributed by atoms with E-state index in [9.17, 15) is 0 Å². The fourth-order valence-electron chi connectivity index (χ4n) is 2.73. The maximum atomic E-state index is 3.73. The zero-order chi connectivity index (χ0) is 13.1. The van der Waals surface area contributed by atoms with E-state index in [1.807, 2.05) is 0 Å². The van der Waals surface area contributed by atoms with Gasteiger partial charge in [0, 0.05) is 17.1 Å². The van der Waals surface area contributed by atoms with Gasteiger partial charge in [-0.25, -0.2) is 0 Å². The standard InChI is InChI=1S/C15H32N2/c1-14(2,3)16-10-9-12-7-8-13(11-12)17-15(4,5)6/h12-13,16-17H,7-11H2,1-6H3/t12-,13-/m1/s1. The average Bonchev–Trinajstić information content (AvgIpc) is 2.46. The zero-order valence-electron chi connectivity index (χ0n) is 12.7. The Balaban J connectivity index is 2.18. The summed E-state index contributed by atoms with van der Waals surface area (Å²) >= 11 is 0. The summed E-state index contributed by atoms with van der Waals surface area (Å²) in [7, 11) is 0. The van der Waals surface area contributed by atoms with Crippen LogP contribution in [0.4, 0.5) is 0 Å². The van der Waals surface area contributed by atoms with Gasteiger partial charge in [-0.2, -0.15) is 0 Å². The van der Waals surface area contributed by atoms with Crippen LogP contribution in [0.1, 0.15) is 67.2 Å². The van der Waals surface area contributed by atoms with Gasteiger partial charge in [0.2, 0.25) is 0 Å². The Morgan fingerprint density at radius 2 is 1.59 bits per heavy atom. The normalized spacial score (nSPS) is 26.5. The first-order valence-electron chi connectivity index (χ1n) is 7.18. The van der Waals surface area contributed by atoms with Gasteiger partial charge in [0.1, 0.15) is 0 Å². The molecule has 1 aliphatic carbocycles. The molecule has 1 aliphatic rings. The molecule has 0 radical (unpaired) electrons. The molecule has 0 aliphatic heterocycles. The minimum absolute atomic E-state index is 0.266. The Bertz CT molecular complexity index is 222. The quantitative estimate of drug-likeness (QED) is 0.788. The Kier molecular flexibility index (Phi) is 5.03. The molecule has 0 aromatic heterocycles. The van der Waals surface area contributed by atoms with Gasteiger partial charge in [0.05, 0.1) is 0 Å². The van der Waals surface area contributed by atoms with Crippen LogP contribution < -0.4 is 10.6 Å². The summed E-state index contributed by atoms with van der Waals surface area (Å²) in [4.78, 5) is 0. The molecule has 2 nitrogen and oxygen atoms in total. The molecule has 0 amide bonds. The predicted molar refractivity (Wildman–Crippen MR) is 76.4 cm³/mol. The van der Waals surface area contributed by atoms with Crippen molar-refractivity contribution >= 4 is 0 Å². The Hall–Kier alpha value is -0.0800. The first-order valence-corrected chi connectivity index (χ1v) is 7.18. The Labute approximate surface area is 108 Å². The van der Waals surface area contributed by atoms with Crippen LogP contribution in [0.15, 0.2) is 0 Å². The van der Waals surface area contributed by atoms with Crippen LogP contribution in [0.5, 0.6) is 0 Å². The summed E-state index contributed by atoms with van der Waals surface area (Å²) in [5.41, 5.74) is 0.533. The van der Waals surface area contributed by atoms with Crippen LogP contribution in [0.3, 0.4) is 0 Å². The SMILES string of the molecule is CC(C)(C)NCC[C@H]1CC[C@@H](NC(C)(C)C)C1. The van der Waals surface area contributed by atoms with E-state index >= 15 is 0 Å². The molecule has 0 heterocycles. The van der Waals surface area contributed by atoms with Crippen molar-refractivity contribution in [2.24, 2.45) is 5.92 Å². The molecule has 1 rings (SSSR count). The van der Waals surface area contributed by atoms with Crippen molar-refractivity contribution < 1.29 is 0 Å². The van der Waals surface area contributed by atoms with Gasteiger partial charge in [0.25, 0.3) is 0 Å². The highest BCUT2D eigenvalue weighted by atomic mass is 15.0. The van der Waals surface area contributed by atoms with E-state index in [0.717, 1.165) is 18.5 Å². The molecule has 2 heteroatoms. The van der Waals surface area contributed by atoms with E-state index in [4.69, 9.17) is 0 Å². The lowest BCUT2D eigenvalue weighted by Gasteiger charge is -2.26. The van der Waals surface area contributed by atoms with Crippen molar-refractivity contribution in [2.75, 3.05) is 6.54 Å². The zero-order valence-corrected chi connectivity index (χ0v) is 12.7. The summed E-state index contributed by atoms with van der Waals surface area (Å²) in [5.74, 6) is 0.921. The molecule has 17 heavy (non-hydrogen) atoms. The van der Waals surface area contributed by atoms with Gasteiger partial charge in [-0.3, -0.25) is 0 Å². The highest BCUT2D eigenvalue weighted by molar-refractivity contribution is 4.86. The molecular weight excluding hydrogens is 208 g/mol. The van der Waals surface area contributed by atoms with Crippen molar-refractivity contribution in [2.45, 2.75) is 84.3 Å². The van der Waals surface area contributed by atoms with Gasteiger partial charge < -0.3 is 10.6 Å². The minimum atomic E-state index is 0.266. The lowest BCUT2D eigenvalue weighted by Crippen LogP contribution is -2.42. The Morgan fingerprint density at radius 3 is 2.12 bits per heavy atom. The third-order valence-electron chi connectivity index (χ3n) is 3.39. The molecule has 2 atom stereocenters. The molecule has 0 spiro atoms. The summed E-state index contributed by atoms with van der Waals surface area (Å²) in [6.45, 7) is 14.7. The molecule has 0 aromatic rings. The van der Waals surface area contributed by atoms with Crippen LogP contribution in [0.25, 0.3) is 0 Å². The number of hydrogen-bond donors (Lipinski definition) is 2. The average molecular weight is 240 g/mol. The Morgan fingerprint density at radius 1 is 0.941 bits per heavy atom. The largest absolute Gasteiger partial charge is 0.312 e. The van der Waals surface area contributed by atoms with Crippen LogP contribution in [-0.2, 0) is 0 Å². The maximum absolute atomic E-state index is 3.73. The first kappa shape index (κ1) is 15.0. The summed E-state index contributed by atoms with van der Waals surface area (Å²) < 4.78 is 0. The van der Waals surface area contributed by atoms with E-state index in [1.165, 1.54) is 25.7 Å². The molecule has 1 saturated carbocycles. The summed E-state index contributed by atoms with van der Waals surface area (Å²) in [6, 6.07) is 0.745. The van der Waals surface area contributed by atoms with Gasteiger partial charge in [-0.05, 0) is 79.7 Å². The smallest absolute Gasteiger partial charge is 0.00991 e. The van der Waals surface area contributed by atoms with Crippen molar-refractivity contribution in [1.29, 1.82) is 0 Å². The van der Waals surface area contributed by atoms with E-state index < -0.39 is 0 Å².